The summed E-state index contributed by atoms with van der Waals surface area (Å²) in [6.45, 7) is 0. The summed E-state index contributed by atoms with van der Waals surface area (Å²) in [6.07, 6.45) is 47.2. The Labute approximate surface area is 324 Å². The monoisotopic (exact) mass is 822 g/mol. The van der Waals surface area contributed by atoms with Crippen molar-refractivity contribution >= 4 is 39.0 Å². The van der Waals surface area contributed by atoms with E-state index in [4.69, 9.17) is 0 Å². The smallest absolute Gasteiger partial charge is 0.333 e. The zero-order valence-corrected chi connectivity index (χ0v) is 35.7. The third-order valence-electron chi connectivity index (χ3n) is 12.6. The molecule has 5 heteroatoms. The molecular weight excluding hydrogens is 750 g/mol. The van der Waals surface area contributed by atoms with Crippen LogP contribution in [-0.4, -0.2) is 34.0 Å². The van der Waals surface area contributed by atoms with Crippen molar-refractivity contribution in [2.24, 2.45) is 0 Å². The minimum Gasteiger partial charge on any atom is -0.333 e. The van der Waals surface area contributed by atoms with Gasteiger partial charge in [0.25, 0.3) is 0 Å². The summed E-state index contributed by atoms with van der Waals surface area (Å²) in [5.41, 5.74) is 7.14. The fourth-order valence-corrected chi connectivity index (χ4v) is 19.8. The molecule has 48 heavy (non-hydrogen) atoms. The van der Waals surface area contributed by atoms with E-state index in [1.54, 1.807) is 154 Å². The Hall–Kier alpha value is 1.28. The average Bonchev–Trinajstić information content (AvgIpc) is 3.16. The molecule has 0 amide bonds. The minimum absolute atomic E-state index is 0. The molecule has 1 aromatic carbocycles. The third kappa shape index (κ3) is 16.1. The van der Waals surface area contributed by atoms with Gasteiger partial charge in [-0.1, -0.05) is 131 Å². The molecule has 0 unspecified atom stereocenters. The van der Waals surface area contributed by atoms with Gasteiger partial charge in [0.2, 0.25) is 0 Å². The van der Waals surface area contributed by atoms with Crippen LogP contribution in [0.15, 0.2) is 30.3 Å². The van der Waals surface area contributed by atoms with E-state index >= 15 is 0 Å². The second-order valence-corrected chi connectivity index (χ2v) is 22.6. The summed E-state index contributed by atoms with van der Waals surface area (Å²) >= 11 is 9.28. The van der Waals surface area contributed by atoms with Crippen LogP contribution < -0.4 is 0 Å². The Balaban J connectivity index is 0.000000204. The van der Waals surface area contributed by atoms with Gasteiger partial charge in [-0.2, -0.15) is 41.7 Å². The first kappa shape index (κ1) is 43.7. The van der Waals surface area contributed by atoms with Crippen molar-refractivity contribution in [2.45, 2.75) is 227 Å². The van der Waals surface area contributed by atoms with E-state index in [0.29, 0.717) is 15.8 Å². The van der Waals surface area contributed by atoms with E-state index < -0.39 is 0 Å². The van der Waals surface area contributed by atoms with Crippen LogP contribution in [-0.2, 0) is 19.5 Å². The third-order valence-corrected chi connectivity index (χ3v) is 20.7. The molecule has 0 radical (unpaired) electrons. The van der Waals surface area contributed by atoms with Crippen LogP contribution in [0, 0.1) is 11.4 Å². The molecule has 0 bridgehead atoms. The summed E-state index contributed by atoms with van der Waals surface area (Å²) < 4.78 is 0. The van der Waals surface area contributed by atoms with Gasteiger partial charge in [-0.05, 0) is 111 Å². The molecule has 276 valence electrons. The molecule has 0 saturated heterocycles. The maximum absolute atomic E-state index is 4.64. The van der Waals surface area contributed by atoms with Crippen molar-refractivity contribution < 1.29 is 19.5 Å². The Morgan fingerprint density at radius 2 is 0.542 bits per heavy atom. The summed E-state index contributed by atoms with van der Waals surface area (Å²) in [5, 5.41) is 0.944. The van der Waals surface area contributed by atoms with Crippen LogP contribution in [0.1, 0.15) is 193 Å². The second kappa shape index (κ2) is 27.8. The molecule has 6 saturated carbocycles. The zero-order chi connectivity index (χ0) is 32.8. The van der Waals surface area contributed by atoms with Crippen molar-refractivity contribution in [1.82, 2.24) is 0 Å². The van der Waals surface area contributed by atoms with E-state index in [9.17, 15) is 0 Å². The van der Waals surface area contributed by atoms with E-state index in [1.807, 2.05) is 30.3 Å². The van der Waals surface area contributed by atoms with Crippen molar-refractivity contribution in [3.8, 4) is 0 Å². The zero-order valence-electron chi connectivity index (χ0n) is 30.6. The molecule has 6 aliphatic carbocycles. The van der Waals surface area contributed by atoms with Crippen LogP contribution in [0.4, 0.5) is 0 Å². The summed E-state index contributed by atoms with van der Waals surface area (Å²) in [7, 11) is 0.770. The summed E-state index contributed by atoms with van der Waals surface area (Å²) in [5.74, 6) is 0. The van der Waals surface area contributed by atoms with Crippen LogP contribution >= 0.6 is 39.0 Å². The van der Waals surface area contributed by atoms with E-state index in [2.05, 4.69) is 29.3 Å². The van der Waals surface area contributed by atoms with Crippen molar-refractivity contribution in [3.63, 3.8) is 0 Å². The molecule has 1 aromatic rings. The largest absolute Gasteiger partial charge is 2.00 e. The maximum Gasteiger partial charge on any atom is 2.00 e. The van der Waals surface area contributed by atoms with Gasteiger partial charge in [0.15, 0.2) is 0 Å². The fourth-order valence-electron chi connectivity index (χ4n) is 10.4. The van der Waals surface area contributed by atoms with Crippen LogP contribution in [0.25, 0.3) is 0 Å². The van der Waals surface area contributed by atoms with Gasteiger partial charge in [0, 0.05) is 0 Å². The van der Waals surface area contributed by atoms with Gasteiger partial charge >= 0.3 is 19.5 Å². The number of halogens is 2. The van der Waals surface area contributed by atoms with Gasteiger partial charge in [-0.3, -0.25) is 0 Å². The quantitative estimate of drug-likeness (QED) is 0.152. The maximum atomic E-state index is 4.64. The van der Waals surface area contributed by atoms with Crippen LogP contribution in [0.5, 0.6) is 0 Å². The number of hydrogen-bond donors (Lipinski definition) is 0. The Morgan fingerprint density at radius 3 is 0.667 bits per heavy atom. The van der Waals surface area contributed by atoms with Crippen molar-refractivity contribution in [2.75, 3.05) is 0 Å². The van der Waals surface area contributed by atoms with Gasteiger partial charge < -0.3 is 23.2 Å². The van der Waals surface area contributed by atoms with Gasteiger partial charge in [0.1, 0.15) is 0 Å². The molecule has 0 aromatic heterocycles. The van der Waals surface area contributed by atoms with Crippen molar-refractivity contribution in [1.29, 1.82) is 0 Å². The normalized spacial score (nSPS) is 24.2. The fraction of sp³-hybridized carbons (Fsp3) is 0.837. The van der Waals surface area contributed by atoms with E-state index in [-0.39, 0.29) is 19.5 Å². The molecule has 0 nitrogen and oxygen atoms in total. The second-order valence-electron chi connectivity index (χ2n) is 15.8. The summed E-state index contributed by atoms with van der Waals surface area (Å²) in [6, 6.07) is 12.5. The molecular formula is C43H72Cl2P2Ru. The van der Waals surface area contributed by atoms with Crippen molar-refractivity contribution in [3.05, 3.63) is 41.7 Å². The Kier molecular flexibility index (Phi) is 25.3. The molecule has 6 aliphatic rings. The molecule has 0 spiro atoms. The first-order valence-corrected chi connectivity index (χ1v) is 24.8. The molecule has 0 aliphatic heterocycles. The standard InChI is InChI=1S/2C18H33P.C6H5.CHCl2.Ru/c2*1-4-10-16(11-5-1)19(17-12-6-2-7-13-17)18-14-8-3-9-15-18;1-2-4-6-5-3-1;2-1-3;/h2*16-18H,1-15H2;1-5H;1H;/q;;2*-1;+2. The van der Waals surface area contributed by atoms with E-state index in [0.717, 1.165) is 5.34 Å². The molecule has 6 fully saturated rings. The molecule has 0 N–H and O–H groups in total. The molecule has 7 rings (SSSR count). The van der Waals surface area contributed by atoms with E-state index in [1.165, 1.54) is 72.5 Å². The van der Waals surface area contributed by atoms with Gasteiger partial charge in [-0.15, -0.1) is 0 Å². The number of hydrogen-bond acceptors (Lipinski definition) is 0. The van der Waals surface area contributed by atoms with Gasteiger partial charge in [0.05, 0.1) is 0 Å². The SMILES string of the molecule is C1CCC(P(C2CCCCC2)C2CCCCC2)CC1.C1CCC(P(C2CCCCC2)C2CCCCC2)CC1.Cl[CH-]Cl.[Ru+2].[c-]1ccccc1. The predicted molar refractivity (Wildman–Crippen MR) is 216 cm³/mol. The summed E-state index contributed by atoms with van der Waals surface area (Å²) in [4.78, 5) is 0. The van der Waals surface area contributed by atoms with Gasteiger partial charge in [-0.25, -0.2) is 0 Å². The first-order chi connectivity index (χ1) is 23.3. The number of benzene rings is 1. The number of rotatable bonds is 6. The Morgan fingerprint density at radius 1 is 0.354 bits per heavy atom. The van der Waals surface area contributed by atoms with Crippen LogP contribution in [0.3, 0.4) is 0 Å². The first-order valence-electron chi connectivity index (χ1n) is 20.8. The topological polar surface area (TPSA) is 0 Å². The average molecular weight is 823 g/mol. The Bertz CT molecular complexity index is 671. The predicted octanol–water partition coefficient (Wildman–Crippen LogP) is 16.0. The van der Waals surface area contributed by atoms with Crippen LogP contribution in [0.2, 0.25) is 0 Å². The molecule has 0 heterocycles. The molecule has 0 atom stereocenters. The minimum atomic E-state index is 0.